The molecule has 0 saturated carbocycles. The van der Waals surface area contributed by atoms with Gasteiger partial charge in [-0.25, -0.2) is 0 Å². The Morgan fingerprint density at radius 3 is 2.06 bits per heavy atom. The summed E-state index contributed by atoms with van der Waals surface area (Å²) in [7, 11) is 0. The maximum Gasteiger partial charge on any atom is 0.185 e. The van der Waals surface area contributed by atoms with Crippen molar-refractivity contribution in [2.75, 3.05) is 13.2 Å². The third kappa shape index (κ3) is 7.46. The molecule has 31 heavy (non-hydrogen) atoms. The lowest BCUT2D eigenvalue weighted by Crippen LogP contribution is -2.15. The van der Waals surface area contributed by atoms with E-state index in [1.807, 2.05) is 12.1 Å². The Morgan fingerprint density at radius 1 is 0.935 bits per heavy atom. The molecule has 2 aromatic rings. The molecule has 2 aromatic carbocycles. The van der Waals surface area contributed by atoms with Crippen LogP contribution in [0.4, 0.5) is 0 Å². The molecule has 4 heteroatoms. The summed E-state index contributed by atoms with van der Waals surface area (Å²) in [6.45, 7) is 12.0. The highest BCUT2D eigenvalue weighted by atomic mass is 16.5. The van der Waals surface area contributed by atoms with E-state index >= 15 is 0 Å². The van der Waals surface area contributed by atoms with E-state index < -0.39 is 0 Å². The average molecular weight is 425 g/mol. The largest absolute Gasteiger partial charge is 0.508 e. The highest BCUT2D eigenvalue weighted by Crippen LogP contribution is 2.37. The van der Waals surface area contributed by atoms with Crippen LogP contribution < -0.4 is 9.47 Å². The van der Waals surface area contributed by atoms with Crippen molar-refractivity contribution in [2.24, 2.45) is 0 Å². The molecule has 1 N–H and O–H groups in total. The van der Waals surface area contributed by atoms with Gasteiger partial charge < -0.3 is 14.6 Å². The monoisotopic (exact) mass is 424 g/mol. The van der Waals surface area contributed by atoms with Crippen LogP contribution in [0.15, 0.2) is 42.5 Å². The lowest BCUT2D eigenvalue weighted by molar-refractivity contribution is 0.104. The molecule has 0 aliphatic rings. The van der Waals surface area contributed by atoms with E-state index in [1.54, 1.807) is 18.2 Å². The summed E-state index contributed by atoms with van der Waals surface area (Å²) < 4.78 is 12.2. The van der Waals surface area contributed by atoms with E-state index in [4.69, 9.17) is 9.47 Å². The van der Waals surface area contributed by atoms with Crippen LogP contribution in [0.25, 0.3) is 6.08 Å². The molecule has 0 amide bonds. The third-order valence-electron chi connectivity index (χ3n) is 5.00. The zero-order chi connectivity index (χ0) is 22.9. The molecular formula is C27H36O4. The normalized spacial score (nSPS) is 11.6. The van der Waals surface area contributed by atoms with Crippen LogP contribution in [0.2, 0.25) is 0 Å². The Labute approximate surface area is 186 Å². The highest BCUT2D eigenvalue weighted by Gasteiger charge is 2.22. The lowest BCUT2D eigenvalue weighted by Gasteiger charge is -2.25. The molecule has 0 radical (unpaired) electrons. The number of benzene rings is 2. The van der Waals surface area contributed by atoms with Crippen molar-refractivity contribution >= 4 is 11.9 Å². The van der Waals surface area contributed by atoms with Crippen molar-refractivity contribution in [3.05, 3.63) is 59.2 Å². The van der Waals surface area contributed by atoms with Gasteiger partial charge in [0.05, 0.1) is 13.2 Å². The zero-order valence-electron chi connectivity index (χ0n) is 19.5. The molecule has 0 fully saturated rings. The number of allylic oxidation sites excluding steroid dienone is 1. The first-order valence-electron chi connectivity index (χ1n) is 11.2. The van der Waals surface area contributed by atoms with Gasteiger partial charge in [-0.05, 0) is 60.7 Å². The van der Waals surface area contributed by atoms with Crippen LogP contribution in [-0.4, -0.2) is 24.1 Å². The second-order valence-electron chi connectivity index (χ2n) is 8.78. The van der Waals surface area contributed by atoms with Crippen molar-refractivity contribution < 1.29 is 19.4 Å². The maximum atomic E-state index is 12.6. The quantitative estimate of drug-likeness (QED) is 0.241. The van der Waals surface area contributed by atoms with Gasteiger partial charge in [0.2, 0.25) is 0 Å². The number of phenolic OH excluding ortho intramolecular Hbond substituents is 1. The number of ether oxygens (including phenoxy) is 2. The van der Waals surface area contributed by atoms with E-state index in [9.17, 15) is 9.90 Å². The number of carbonyl (C=O) groups is 1. The topological polar surface area (TPSA) is 55.8 Å². The summed E-state index contributed by atoms with van der Waals surface area (Å²) in [6.07, 6.45) is 7.44. The predicted molar refractivity (Wildman–Crippen MR) is 127 cm³/mol. The van der Waals surface area contributed by atoms with Crippen molar-refractivity contribution in [1.29, 1.82) is 0 Å². The molecule has 0 saturated heterocycles. The summed E-state index contributed by atoms with van der Waals surface area (Å²) in [5.41, 5.74) is 2.35. The highest BCUT2D eigenvalue weighted by molar-refractivity contribution is 6.07. The fraction of sp³-hybridized carbons (Fsp3) is 0.444. The van der Waals surface area contributed by atoms with E-state index in [0.29, 0.717) is 18.8 Å². The molecule has 168 valence electrons. The SMILES string of the molecule is CCCCOc1cc(OCCCC)c(C(C)(C)C)cc1C=CC(=O)c1ccc(O)cc1. The van der Waals surface area contributed by atoms with E-state index in [1.165, 1.54) is 12.1 Å². The first-order valence-corrected chi connectivity index (χ1v) is 11.2. The Morgan fingerprint density at radius 2 is 1.52 bits per heavy atom. The number of phenols is 1. The van der Waals surface area contributed by atoms with Crippen molar-refractivity contribution in [3.8, 4) is 17.2 Å². The van der Waals surface area contributed by atoms with E-state index in [2.05, 4.69) is 40.7 Å². The van der Waals surface area contributed by atoms with Crippen LogP contribution in [0.5, 0.6) is 17.2 Å². The Kier molecular flexibility index (Phi) is 9.17. The molecule has 0 heterocycles. The van der Waals surface area contributed by atoms with Gasteiger partial charge in [-0.3, -0.25) is 4.79 Å². The Balaban J connectivity index is 2.41. The minimum atomic E-state index is -0.125. The molecule has 0 spiro atoms. The van der Waals surface area contributed by atoms with Gasteiger partial charge in [0, 0.05) is 22.8 Å². The van der Waals surface area contributed by atoms with Gasteiger partial charge in [-0.2, -0.15) is 0 Å². The molecule has 0 aliphatic carbocycles. The second kappa shape index (κ2) is 11.6. The minimum absolute atomic E-state index is 0.118. The van der Waals surface area contributed by atoms with Crippen molar-refractivity contribution in [2.45, 2.75) is 65.7 Å². The molecule has 0 aromatic heterocycles. The van der Waals surface area contributed by atoms with Gasteiger partial charge in [0.1, 0.15) is 17.2 Å². The zero-order valence-corrected chi connectivity index (χ0v) is 19.5. The molecule has 4 nitrogen and oxygen atoms in total. The summed E-state index contributed by atoms with van der Waals surface area (Å²) in [5, 5.41) is 9.44. The van der Waals surface area contributed by atoms with E-state index in [-0.39, 0.29) is 16.9 Å². The van der Waals surface area contributed by atoms with Gasteiger partial charge in [-0.1, -0.05) is 47.5 Å². The molecule has 0 bridgehead atoms. The van der Waals surface area contributed by atoms with E-state index in [0.717, 1.165) is 48.3 Å². The van der Waals surface area contributed by atoms with Gasteiger partial charge >= 0.3 is 0 Å². The first-order chi connectivity index (χ1) is 14.8. The van der Waals surface area contributed by atoms with Gasteiger partial charge in [0.15, 0.2) is 5.78 Å². The fourth-order valence-corrected chi connectivity index (χ4v) is 3.08. The van der Waals surface area contributed by atoms with Gasteiger partial charge in [-0.15, -0.1) is 0 Å². The number of hydrogen-bond acceptors (Lipinski definition) is 4. The predicted octanol–water partition coefficient (Wildman–Crippen LogP) is 6.94. The standard InChI is InChI=1S/C27H36O4/c1-6-8-16-30-25-19-26(31-17-9-7-2)23(27(3,4)5)18-21(25)12-15-24(29)20-10-13-22(28)14-11-20/h10-15,18-19,28H,6-9,16-17H2,1-5H3. The summed E-state index contributed by atoms with van der Waals surface area (Å²) in [5.74, 6) is 1.58. The maximum absolute atomic E-state index is 12.6. The van der Waals surface area contributed by atoms with Crippen molar-refractivity contribution in [3.63, 3.8) is 0 Å². The van der Waals surface area contributed by atoms with Crippen molar-refractivity contribution in [1.82, 2.24) is 0 Å². The molecule has 0 atom stereocenters. The van der Waals surface area contributed by atoms with Crippen LogP contribution in [0.1, 0.15) is 81.8 Å². The molecule has 0 unspecified atom stereocenters. The number of unbranched alkanes of at least 4 members (excludes halogenated alkanes) is 2. The number of aromatic hydroxyl groups is 1. The number of carbonyl (C=O) groups excluding carboxylic acids is 1. The Bertz CT molecular complexity index is 873. The first kappa shape index (κ1) is 24.5. The number of ketones is 1. The Hall–Kier alpha value is -2.75. The third-order valence-corrected chi connectivity index (χ3v) is 5.00. The summed E-state index contributed by atoms with van der Waals surface area (Å²) in [4.78, 5) is 12.6. The van der Waals surface area contributed by atoms with Crippen LogP contribution in [0, 0.1) is 0 Å². The van der Waals surface area contributed by atoms with Crippen LogP contribution >= 0.6 is 0 Å². The molecule has 2 rings (SSSR count). The molecule has 0 aliphatic heterocycles. The smallest absolute Gasteiger partial charge is 0.185 e. The lowest BCUT2D eigenvalue weighted by atomic mass is 9.85. The second-order valence-corrected chi connectivity index (χ2v) is 8.78. The minimum Gasteiger partial charge on any atom is -0.508 e. The number of hydrogen-bond donors (Lipinski definition) is 1. The summed E-state index contributed by atoms with van der Waals surface area (Å²) >= 11 is 0. The van der Waals surface area contributed by atoms with Gasteiger partial charge in [0.25, 0.3) is 0 Å². The molecular weight excluding hydrogens is 388 g/mol. The summed E-state index contributed by atoms with van der Waals surface area (Å²) in [6, 6.07) is 10.3. The fourth-order valence-electron chi connectivity index (χ4n) is 3.08. The van der Waals surface area contributed by atoms with Crippen LogP contribution in [-0.2, 0) is 5.41 Å². The number of rotatable bonds is 11. The van der Waals surface area contributed by atoms with Crippen LogP contribution in [0.3, 0.4) is 0 Å². The average Bonchev–Trinajstić information content (AvgIpc) is 2.72.